The molecular formula is C28H37N9. The van der Waals surface area contributed by atoms with Crippen molar-refractivity contribution in [2.45, 2.75) is 32.7 Å². The van der Waals surface area contributed by atoms with Crippen LogP contribution >= 0.6 is 0 Å². The Kier molecular flexibility index (Phi) is 7.62. The molecule has 5 rings (SSSR count). The number of fused-ring (bicyclic) bond motifs is 1. The van der Waals surface area contributed by atoms with Gasteiger partial charge in [0.25, 0.3) is 0 Å². The zero-order chi connectivity index (χ0) is 25.8. The first-order valence-electron chi connectivity index (χ1n) is 13.1. The Labute approximate surface area is 218 Å². The monoisotopic (exact) mass is 499 g/mol. The molecule has 2 fully saturated rings. The van der Waals surface area contributed by atoms with Gasteiger partial charge in [0.05, 0.1) is 16.7 Å². The Hall–Kier alpha value is -3.56. The van der Waals surface area contributed by atoms with E-state index in [0.29, 0.717) is 17.8 Å². The molecule has 1 aliphatic carbocycles. The van der Waals surface area contributed by atoms with Crippen LogP contribution in [0.3, 0.4) is 0 Å². The van der Waals surface area contributed by atoms with Crippen molar-refractivity contribution < 1.29 is 0 Å². The molecule has 3 aromatic rings. The van der Waals surface area contributed by atoms with Gasteiger partial charge in [0.1, 0.15) is 18.0 Å². The first-order valence-corrected chi connectivity index (χ1v) is 13.1. The maximum Gasteiger partial charge on any atom is 0.206 e. The average Bonchev–Trinajstić information content (AvgIpc) is 3.66. The molecule has 3 heterocycles. The zero-order valence-corrected chi connectivity index (χ0v) is 22.0. The molecule has 1 unspecified atom stereocenters. The highest BCUT2D eigenvalue weighted by Gasteiger charge is 2.23. The molecule has 1 aromatic carbocycles. The Morgan fingerprint density at radius 1 is 1.27 bits per heavy atom. The number of aliphatic imine (C=N–C) groups is 1. The van der Waals surface area contributed by atoms with E-state index in [4.69, 9.17) is 4.98 Å². The number of hydrogen-bond acceptors (Lipinski definition) is 8. The van der Waals surface area contributed by atoms with Gasteiger partial charge in [-0.25, -0.2) is 19.9 Å². The van der Waals surface area contributed by atoms with Gasteiger partial charge in [-0.2, -0.15) is 0 Å². The number of aromatic nitrogens is 4. The maximum absolute atomic E-state index is 4.71. The molecule has 1 saturated heterocycles. The predicted molar refractivity (Wildman–Crippen MR) is 152 cm³/mol. The second kappa shape index (κ2) is 11.2. The number of nitrogens with one attached hydrogen (secondary N) is 3. The van der Waals surface area contributed by atoms with E-state index < -0.39 is 0 Å². The molecule has 0 spiro atoms. The largest absolute Gasteiger partial charge is 0.359 e. The molecule has 1 saturated carbocycles. The minimum Gasteiger partial charge on any atom is -0.359 e. The Balaban J connectivity index is 1.32. The van der Waals surface area contributed by atoms with Gasteiger partial charge < -0.3 is 20.5 Å². The number of piperazine rings is 1. The van der Waals surface area contributed by atoms with Crippen LogP contribution in [0.5, 0.6) is 0 Å². The van der Waals surface area contributed by atoms with Gasteiger partial charge in [-0.3, -0.25) is 4.90 Å². The summed E-state index contributed by atoms with van der Waals surface area (Å²) in [4.78, 5) is 26.0. The van der Waals surface area contributed by atoms with E-state index in [1.807, 2.05) is 6.07 Å². The summed E-state index contributed by atoms with van der Waals surface area (Å²) in [7, 11) is 2.10. The van der Waals surface area contributed by atoms with Crippen LogP contribution in [0.2, 0.25) is 0 Å². The van der Waals surface area contributed by atoms with Crippen molar-refractivity contribution in [1.29, 1.82) is 0 Å². The third kappa shape index (κ3) is 6.06. The second-order valence-electron chi connectivity index (χ2n) is 9.97. The molecule has 0 radical (unpaired) electrons. The zero-order valence-electron chi connectivity index (χ0n) is 22.0. The number of aromatic amines is 1. The van der Waals surface area contributed by atoms with Crippen LogP contribution in [0.4, 0.5) is 11.8 Å². The molecule has 2 aromatic heterocycles. The molecule has 0 amide bonds. The minimum atomic E-state index is 0.296. The van der Waals surface area contributed by atoms with E-state index in [-0.39, 0.29) is 0 Å². The van der Waals surface area contributed by atoms with Crippen molar-refractivity contribution in [3.8, 4) is 11.3 Å². The average molecular weight is 500 g/mol. The number of hydrogen-bond donors (Lipinski definition) is 3. The summed E-state index contributed by atoms with van der Waals surface area (Å²) in [5.41, 5.74) is 4.91. The predicted octanol–water partition coefficient (Wildman–Crippen LogP) is 4.06. The van der Waals surface area contributed by atoms with Gasteiger partial charge in [0.15, 0.2) is 0 Å². The summed E-state index contributed by atoms with van der Waals surface area (Å²) in [6.07, 6.45) is 8.48. The fourth-order valence-corrected chi connectivity index (χ4v) is 4.85. The van der Waals surface area contributed by atoms with Gasteiger partial charge >= 0.3 is 0 Å². The first-order chi connectivity index (χ1) is 18.0. The second-order valence-corrected chi connectivity index (χ2v) is 9.97. The summed E-state index contributed by atoms with van der Waals surface area (Å²) < 4.78 is 0. The Morgan fingerprint density at radius 2 is 2.08 bits per heavy atom. The van der Waals surface area contributed by atoms with Crippen molar-refractivity contribution in [1.82, 2.24) is 30.2 Å². The molecule has 1 aliphatic heterocycles. The van der Waals surface area contributed by atoms with Crippen molar-refractivity contribution in [2.24, 2.45) is 10.9 Å². The van der Waals surface area contributed by atoms with Gasteiger partial charge in [-0.1, -0.05) is 12.1 Å². The van der Waals surface area contributed by atoms with E-state index in [2.05, 4.69) is 98.3 Å². The summed E-state index contributed by atoms with van der Waals surface area (Å²) in [6, 6.07) is 8.49. The van der Waals surface area contributed by atoms with Gasteiger partial charge in [-0.15, -0.1) is 0 Å². The molecular weight excluding hydrogens is 462 g/mol. The molecule has 3 N–H and O–H groups in total. The maximum atomic E-state index is 4.71. The molecule has 2 aliphatic rings. The number of H-pyrrole nitrogens is 1. The van der Waals surface area contributed by atoms with E-state index >= 15 is 0 Å². The summed E-state index contributed by atoms with van der Waals surface area (Å²) >= 11 is 0. The number of benzene rings is 1. The molecule has 0 bridgehead atoms. The van der Waals surface area contributed by atoms with Gasteiger partial charge in [-0.05, 0) is 63.1 Å². The van der Waals surface area contributed by atoms with Crippen LogP contribution in [-0.4, -0.2) is 77.4 Å². The van der Waals surface area contributed by atoms with Crippen molar-refractivity contribution in [2.75, 3.05) is 50.0 Å². The van der Waals surface area contributed by atoms with Crippen LogP contribution in [0.25, 0.3) is 22.3 Å². The first kappa shape index (κ1) is 25.1. The van der Waals surface area contributed by atoms with Crippen molar-refractivity contribution in [3.05, 3.63) is 54.1 Å². The lowest BCUT2D eigenvalue weighted by Crippen LogP contribution is -2.47. The normalized spacial score (nSPS) is 18.1. The highest BCUT2D eigenvalue weighted by atomic mass is 15.2. The van der Waals surface area contributed by atoms with Crippen molar-refractivity contribution in [3.63, 3.8) is 0 Å². The Bertz CT molecular complexity index is 1300. The van der Waals surface area contributed by atoms with Crippen LogP contribution in [0.1, 0.15) is 26.7 Å². The van der Waals surface area contributed by atoms with Crippen LogP contribution in [0, 0.1) is 5.92 Å². The topological polar surface area (TPSA) is 97.4 Å². The quantitative estimate of drug-likeness (QED) is 0.286. The fraction of sp³-hybridized carbons (Fsp3) is 0.429. The van der Waals surface area contributed by atoms with Gasteiger partial charge in [0.2, 0.25) is 5.95 Å². The molecule has 9 heteroatoms. The van der Waals surface area contributed by atoms with Crippen LogP contribution < -0.4 is 15.5 Å². The number of nitrogens with zero attached hydrogens (tertiary/aromatic N) is 6. The SMILES string of the molecule is C=N/C(=C\C(=C/C)C(C)N1CCNCC1)Nc1nc2ccc(-c3cc(N(C)CC4CC4)ncn3)cc2[nH]1. The standard InChI is InChI=1S/C28H37N9/c1-5-21(19(2)37-12-10-30-11-13-37)15-26(29-3)35-28-33-23-9-8-22(14-25(23)34-28)24-16-27(32-18-31-24)36(4)17-20-6-7-20/h5,8-9,14-16,18-20,30H,3,6-7,10-13,17H2,1-2,4H3,(H2,33,34,35)/b21-5+,26-15+. The van der Waals surface area contributed by atoms with Crippen LogP contribution in [0.15, 0.2) is 59.1 Å². The smallest absolute Gasteiger partial charge is 0.206 e. The number of allylic oxidation sites excluding steroid dienone is 1. The van der Waals surface area contributed by atoms with E-state index in [0.717, 1.165) is 66.8 Å². The third-order valence-electron chi connectivity index (χ3n) is 7.29. The molecule has 9 nitrogen and oxygen atoms in total. The molecule has 1 atom stereocenters. The lowest BCUT2D eigenvalue weighted by atomic mass is 10.1. The molecule has 194 valence electrons. The lowest BCUT2D eigenvalue weighted by molar-refractivity contribution is 0.207. The summed E-state index contributed by atoms with van der Waals surface area (Å²) in [5.74, 6) is 3.04. The summed E-state index contributed by atoms with van der Waals surface area (Å²) in [6.45, 7) is 13.2. The highest BCUT2D eigenvalue weighted by molar-refractivity contribution is 5.83. The van der Waals surface area contributed by atoms with Crippen molar-refractivity contribution >= 4 is 29.5 Å². The fourth-order valence-electron chi connectivity index (χ4n) is 4.85. The minimum absolute atomic E-state index is 0.296. The lowest BCUT2D eigenvalue weighted by Gasteiger charge is -2.33. The summed E-state index contributed by atoms with van der Waals surface area (Å²) in [5, 5.41) is 6.73. The molecule has 37 heavy (non-hydrogen) atoms. The third-order valence-corrected chi connectivity index (χ3v) is 7.29. The Morgan fingerprint density at radius 3 is 2.81 bits per heavy atom. The van der Waals surface area contributed by atoms with Gasteiger partial charge in [0, 0.05) is 57.4 Å². The van der Waals surface area contributed by atoms with E-state index in [1.165, 1.54) is 18.4 Å². The van der Waals surface area contributed by atoms with E-state index in [9.17, 15) is 0 Å². The highest BCUT2D eigenvalue weighted by Crippen LogP contribution is 2.31. The number of anilines is 2. The van der Waals surface area contributed by atoms with E-state index in [1.54, 1.807) is 6.33 Å². The number of rotatable bonds is 10. The number of imidazole rings is 1. The van der Waals surface area contributed by atoms with Crippen LogP contribution in [-0.2, 0) is 0 Å².